The van der Waals surface area contributed by atoms with Gasteiger partial charge >= 0.3 is 17.8 Å². The van der Waals surface area contributed by atoms with E-state index in [1.165, 1.54) is 6.92 Å². The van der Waals surface area contributed by atoms with Crippen molar-refractivity contribution in [1.82, 2.24) is 0 Å². The summed E-state index contributed by atoms with van der Waals surface area (Å²) in [7, 11) is 0. The molecule has 9 heteroatoms. The van der Waals surface area contributed by atoms with Crippen molar-refractivity contribution >= 4 is 5.97 Å². The van der Waals surface area contributed by atoms with Gasteiger partial charge in [0.05, 0.1) is 6.42 Å². The van der Waals surface area contributed by atoms with E-state index in [0.717, 1.165) is 6.92 Å². The van der Waals surface area contributed by atoms with E-state index in [9.17, 15) is 35.5 Å². The van der Waals surface area contributed by atoms with E-state index in [-0.39, 0.29) is 0 Å². The highest BCUT2D eigenvalue weighted by Crippen LogP contribution is 2.39. The number of carbonyl (C=O) groups is 1. The molecule has 0 rings (SSSR count). The topological polar surface area (TPSA) is 26.3 Å². The molecule has 0 aliphatic rings. The predicted octanol–water partition coefficient (Wildman–Crippen LogP) is 3.59. The number of rotatable bonds is 7. The van der Waals surface area contributed by atoms with Crippen molar-refractivity contribution in [3.8, 4) is 0 Å². The average Bonchev–Trinajstić information content (AvgIpc) is 2.23. The fraction of sp³-hybridized carbons (Fsp3) is 0.900. The van der Waals surface area contributed by atoms with Gasteiger partial charge in [-0.3, -0.25) is 0 Å². The third-order valence-electron chi connectivity index (χ3n) is 2.42. The number of carbonyl (C=O) groups excluding carboxylic acids is 1. The molecule has 0 aliphatic heterocycles. The third-order valence-corrected chi connectivity index (χ3v) is 2.42. The van der Waals surface area contributed by atoms with Gasteiger partial charge in [0.2, 0.25) is 12.1 Å². The number of ether oxygens (including phenoxy) is 1. The highest BCUT2D eigenvalue weighted by atomic mass is 19.3. The van der Waals surface area contributed by atoms with Gasteiger partial charge in [-0.05, 0) is 13.3 Å². The first kappa shape index (κ1) is 18.0. The van der Waals surface area contributed by atoms with E-state index >= 15 is 0 Å². The van der Waals surface area contributed by atoms with Crippen molar-refractivity contribution in [2.75, 3.05) is 6.61 Å². The monoisotopic (exact) mass is 298 g/mol. The first-order chi connectivity index (χ1) is 8.35. The Morgan fingerprint density at radius 3 is 1.95 bits per heavy atom. The van der Waals surface area contributed by atoms with Gasteiger partial charge in [0.15, 0.2) is 6.61 Å². The quantitative estimate of drug-likeness (QED) is 0.530. The Kier molecular flexibility index (Phi) is 5.64. The summed E-state index contributed by atoms with van der Waals surface area (Å²) in [6.07, 6.45) is -6.44. The summed E-state index contributed by atoms with van der Waals surface area (Å²) in [5.41, 5.74) is -2.60. The maximum atomic E-state index is 13.3. The van der Waals surface area contributed by atoms with Gasteiger partial charge < -0.3 is 4.74 Å². The second-order valence-electron chi connectivity index (χ2n) is 4.13. The van der Waals surface area contributed by atoms with Gasteiger partial charge in [0.1, 0.15) is 0 Å². The fourth-order valence-electron chi connectivity index (χ4n) is 0.900. The summed E-state index contributed by atoms with van der Waals surface area (Å²) in [4.78, 5) is 11.0. The van der Waals surface area contributed by atoms with Gasteiger partial charge in [0.25, 0.3) is 0 Å². The van der Waals surface area contributed by atoms with Crippen LogP contribution in [0.4, 0.5) is 30.7 Å². The lowest BCUT2D eigenvalue weighted by atomic mass is 10.1. The minimum absolute atomic E-state index is 0.412. The lowest BCUT2D eigenvalue weighted by molar-refractivity contribution is -0.245. The zero-order chi connectivity index (χ0) is 15.5. The predicted molar refractivity (Wildman–Crippen MR) is 51.3 cm³/mol. The smallest absolute Gasteiger partial charge is 0.343 e. The maximum absolute atomic E-state index is 13.3. The molecule has 0 aliphatic carbocycles. The zero-order valence-electron chi connectivity index (χ0n) is 10.2. The number of hydrogen-bond acceptors (Lipinski definition) is 2. The van der Waals surface area contributed by atoms with Gasteiger partial charge in [-0.2, -0.15) is 17.6 Å². The van der Waals surface area contributed by atoms with E-state index < -0.39 is 49.4 Å². The Morgan fingerprint density at radius 1 is 1.11 bits per heavy atom. The van der Waals surface area contributed by atoms with E-state index in [1.807, 2.05) is 0 Å². The summed E-state index contributed by atoms with van der Waals surface area (Å²) in [6, 6.07) is 0. The van der Waals surface area contributed by atoms with Crippen LogP contribution in [0.2, 0.25) is 0 Å². The Bertz CT molecular complexity index is 315. The first-order valence-electron chi connectivity index (χ1n) is 5.25. The largest absolute Gasteiger partial charge is 0.457 e. The molecule has 2 nitrogen and oxygen atoms in total. The van der Waals surface area contributed by atoms with Crippen LogP contribution in [0, 0.1) is 0 Å². The summed E-state index contributed by atoms with van der Waals surface area (Å²) in [6.45, 7) is -0.222. The van der Waals surface area contributed by atoms with Crippen LogP contribution in [0.25, 0.3) is 0 Å². The lowest BCUT2D eigenvalue weighted by Crippen LogP contribution is -2.47. The van der Waals surface area contributed by atoms with Crippen LogP contribution in [0.1, 0.15) is 26.7 Å². The molecule has 114 valence electrons. The summed E-state index contributed by atoms with van der Waals surface area (Å²) in [5.74, 6) is -11.8. The molecular weight excluding hydrogens is 285 g/mol. The van der Waals surface area contributed by atoms with E-state index in [0.29, 0.717) is 0 Å². The van der Waals surface area contributed by atoms with Crippen LogP contribution in [-0.2, 0) is 9.53 Å². The Labute approximate surface area is 104 Å². The summed E-state index contributed by atoms with van der Waals surface area (Å²) < 4.78 is 91.8. The van der Waals surface area contributed by atoms with Crippen molar-refractivity contribution < 1.29 is 40.3 Å². The van der Waals surface area contributed by atoms with Gasteiger partial charge in [0, 0.05) is 0 Å². The fourth-order valence-corrected chi connectivity index (χ4v) is 0.900. The normalized spacial score (nSPS) is 16.3. The number of alkyl halides is 7. The molecule has 0 spiro atoms. The van der Waals surface area contributed by atoms with Crippen molar-refractivity contribution in [1.29, 1.82) is 0 Å². The van der Waals surface area contributed by atoms with E-state index in [4.69, 9.17) is 0 Å². The SMILES string of the molecule is CCC(C)(F)C(=O)OCC(F)(F)C(F)(F)CC(F)F. The standard InChI is InChI=1S/C10H13F7O2/c1-3-8(2,13)7(18)19-5-10(16,17)9(14,15)4-6(11)12/h6H,3-5H2,1-2H3. The molecule has 0 N–H and O–H groups in total. The molecule has 1 unspecified atom stereocenters. The van der Waals surface area contributed by atoms with E-state index in [2.05, 4.69) is 4.74 Å². The van der Waals surface area contributed by atoms with Gasteiger partial charge in [-0.25, -0.2) is 18.0 Å². The van der Waals surface area contributed by atoms with Crippen molar-refractivity contribution in [3.05, 3.63) is 0 Å². The van der Waals surface area contributed by atoms with Crippen molar-refractivity contribution in [3.63, 3.8) is 0 Å². The molecule has 0 radical (unpaired) electrons. The molecule has 0 amide bonds. The molecule has 0 aromatic rings. The summed E-state index contributed by atoms with van der Waals surface area (Å²) >= 11 is 0. The molecule has 0 bridgehead atoms. The Morgan fingerprint density at radius 2 is 1.58 bits per heavy atom. The van der Waals surface area contributed by atoms with Gasteiger partial charge in [-0.15, -0.1) is 0 Å². The molecule has 0 aromatic carbocycles. The summed E-state index contributed by atoms with van der Waals surface area (Å²) in [5, 5.41) is 0. The van der Waals surface area contributed by atoms with Crippen molar-refractivity contribution in [2.24, 2.45) is 0 Å². The molecule has 0 fully saturated rings. The number of esters is 1. The molecule has 0 saturated carbocycles. The Hall–Kier alpha value is -1.02. The minimum atomic E-state index is -5.06. The molecule has 0 saturated heterocycles. The molecule has 0 aromatic heterocycles. The zero-order valence-corrected chi connectivity index (χ0v) is 10.2. The molecule has 1 atom stereocenters. The van der Waals surface area contributed by atoms with Crippen LogP contribution in [0.3, 0.4) is 0 Å². The highest BCUT2D eigenvalue weighted by Gasteiger charge is 2.58. The lowest BCUT2D eigenvalue weighted by Gasteiger charge is -2.27. The van der Waals surface area contributed by atoms with Gasteiger partial charge in [-0.1, -0.05) is 6.92 Å². The number of hydrogen-bond donors (Lipinski definition) is 0. The number of halogens is 7. The van der Waals surface area contributed by atoms with Crippen molar-refractivity contribution in [2.45, 2.75) is 50.6 Å². The van der Waals surface area contributed by atoms with Crippen LogP contribution in [0.15, 0.2) is 0 Å². The first-order valence-corrected chi connectivity index (χ1v) is 5.25. The van der Waals surface area contributed by atoms with E-state index in [1.54, 1.807) is 0 Å². The third kappa shape index (κ3) is 4.87. The highest BCUT2D eigenvalue weighted by molar-refractivity contribution is 5.78. The second-order valence-corrected chi connectivity index (χ2v) is 4.13. The Balaban J connectivity index is 4.66. The van der Waals surface area contributed by atoms with Crippen LogP contribution in [-0.4, -0.2) is 36.5 Å². The molecule has 0 heterocycles. The molecule has 19 heavy (non-hydrogen) atoms. The van der Waals surface area contributed by atoms with Crippen LogP contribution < -0.4 is 0 Å². The molecular formula is C10H13F7O2. The minimum Gasteiger partial charge on any atom is -0.457 e. The van der Waals surface area contributed by atoms with Crippen LogP contribution >= 0.6 is 0 Å². The average molecular weight is 298 g/mol. The van der Waals surface area contributed by atoms with Crippen LogP contribution in [0.5, 0.6) is 0 Å². The second kappa shape index (κ2) is 5.96. The maximum Gasteiger partial charge on any atom is 0.343 e.